The first-order chi connectivity index (χ1) is 3.06. The summed E-state index contributed by atoms with van der Waals surface area (Å²) in [4.78, 5) is 0. The standard InChI is InChI=1S/C3H8O3S.H2Se/c1-2-3-7(4,5)6;/h2-3H2,1H3,(H,4,5,6);1H2. The Morgan fingerprint density at radius 1 is 1.50 bits per heavy atom. The van der Waals surface area contributed by atoms with E-state index in [-0.39, 0.29) is 22.8 Å². The van der Waals surface area contributed by atoms with E-state index in [1.807, 2.05) is 0 Å². The third-order valence-corrected chi connectivity index (χ3v) is 1.39. The Morgan fingerprint density at radius 3 is 1.88 bits per heavy atom. The number of rotatable bonds is 2. The normalized spacial score (nSPS) is 10.2. The van der Waals surface area contributed by atoms with Gasteiger partial charge in [0, 0.05) is 0 Å². The van der Waals surface area contributed by atoms with Crippen molar-refractivity contribution in [3.63, 3.8) is 0 Å². The quantitative estimate of drug-likeness (QED) is 0.482. The molecular formula is C3H10O3SSe. The van der Waals surface area contributed by atoms with Crippen LogP contribution in [-0.4, -0.2) is 35.8 Å². The summed E-state index contributed by atoms with van der Waals surface area (Å²) < 4.78 is 27.6. The number of hydrogen-bond donors (Lipinski definition) is 1. The maximum atomic E-state index is 9.79. The zero-order valence-corrected chi connectivity index (χ0v) is 7.50. The summed E-state index contributed by atoms with van der Waals surface area (Å²) in [7, 11) is -3.67. The van der Waals surface area contributed by atoms with Crippen molar-refractivity contribution >= 4 is 27.2 Å². The second-order valence-electron chi connectivity index (χ2n) is 1.29. The van der Waals surface area contributed by atoms with Gasteiger partial charge in [-0.3, -0.25) is 4.55 Å². The van der Waals surface area contributed by atoms with Crippen molar-refractivity contribution in [2.75, 3.05) is 5.75 Å². The Labute approximate surface area is 59.7 Å². The second kappa shape index (κ2) is 4.32. The van der Waals surface area contributed by atoms with Crippen LogP contribution in [0.5, 0.6) is 0 Å². The predicted octanol–water partition coefficient (Wildman–Crippen LogP) is -0.632. The molecule has 0 aromatic heterocycles. The predicted molar refractivity (Wildman–Crippen MR) is 35.3 cm³/mol. The molecule has 0 fully saturated rings. The molecule has 0 aliphatic carbocycles. The van der Waals surface area contributed by atoms with Gasteiger partial charge < -0.3 is 0 Å². The van der Waals surface area contributed by atoms with Crippen LogP contribution < -0.4 is 0 Å². The zero-order valence-electron chi connectivity index (χ0n) is 4.59. The van der Waals surface area contributed by atoms with Crippen molar-refractivity contribution in [1.82, 2.24) is 0 Å². The average molecular weight is 205 g/mol. The van der Waals surface area contributed by atoms with Gasteiger partial charge in [0.05, 0.1) is 5.75 Å². The molecule has 0 bridgehead atoms. The van der Waals surface area contributed by atoms with Crippen LogP contribution in [0.3, 0.4) is 0 Å². The molecule has 0 unspecified atom stereocenters. The van der Waals surface area contributed by atoms with Crippen molar-refractivity contribution in [2.45, 2.75) is 13.3 Å². The van der Waals surface area contributed by atoms with Gasteiger partial charge in [0.2, 0.25) is 0 Å². The average Bonchev–Trinajstić information content (AvgIpc) is 1.30. The van der Waals surface area contributed by atoms with Gasteiger partial charge in [0.15, 0.2) is 0 Å². The first kappa shape index (κ1) is 11.3. The van der Waals surface area contributed by atoms with E-state index in [1.165, 1.54) is 0 Å². The van der Waals surface area contributed by atoms with E-state index in [9.17, 15) is 8.42 Å². The van der Waals surface area contributed by atoms with Gasteiger partial charge in [-0.2, -0.15) is 8.42 Å². The summed E-state index contributed by atoms with van der Waals surface area (Å²) in [6.07, 6.45) is 0.471. The van der Waals surface area contributed by atoms with Gasteiger partial charge in [0.1, 0.15) is 0 Å². The van der Waals surface area contributed by atoms with Crippen LogP contribution in [0.25, 0.3) is 0 Å². The second-order valence-corrected chi connectivity index (χ2v) is 2.86. The maximum absolute atomic E-state index is 9.79. The van der Waals surface area contributed by atoms with Gasteiger partial charge in [0.25, 0.3) is 10.1 Å². The zero-order chi connectivity index (χ0) is 5.91. The Balaban J connectivity index is 0. The van der Waals surface area contributed by atoms with Gasteiger partial charge in [-0.15, -0.1) is 0 Å². The summed E-state index contributed by atoms with van der Waals surface area (Å²) >= 11 is 0. The van der Waals surface area contributed by atoms with E-state index in [0.29, 0.717) is 6.42 Å². The van der Waals surface area contributed by atoms with Crippen LogP contribution in [0.4, 0.5) is 0 Å². The fraction of sp³-hybridized carbons (Fsp3) is 1.00. The number of hydrogen-bond acceptors (Lipinski definition) is 2. The monoisotopic (exact) mass is 206 g/mol. The molecule has 0 saturated heterocycles. The molecule has 0 aromatic rings. The fourth-order valence-corrected chi connectivity index (χ4v) is 0.774. The van der Waals surface area contributed by atoms with E-state index in [1.54, 1.807) is 6.92 Å². The molecule has 1 N–H and O–H groups in total. The van der Waals surface area contributed by atoms with E-state index in [4.69, 9.17) is 4.55 Å². The molecule has 0 amide bonds. The summed E-state index contributed by atoms with van der Waals surface area (Å²) in [5, 5.41) is 0. The van der Waals surface area contributed by atoms with Crippen molar-refractivity contribution in [3.05, 3.63) is 0 Å². The van der Waals surface area contributed by atoms with Crippen molar-refractivity contribution < 1.29 is 13.0 Å². The molecule has 0 spiro atoms. The molecule has 0 aliphatic heterocycles. The van der Waals surface area contributed by atoms with Gasteiger partial charge in [-0.25, -0.2) is 0 Å². The van der Waals surface area contributed by atoms with Crippen LogP contribution >= 0.6 is 0 Å². The van der Waals surface area contributed by atoms with Crippen molar-refractivity contribution in [3.8, 4) is 0 Å². The molecule has 0 radical (unpaired) electrons. The minimum atomic E-state index is -3.67. The van der Waals surface area contributed by atoms with Crippen molar-refractivity contribution in [2.24, 2.45) is 0 Å². The summed E-state index contributed by atoms with van der Waals surface area (Å²) in [6, 6.07) is 0. The molecule has 8 heavy (non-hydrogen) atoms. The molecule has 0 aliphatic rings. The Bertz CT molecular complexity index is 127. The molecule has 0 aromatic carbocycles. The van der Waals surface area contributed by atoms with Crippen LogP contribution in [0.1, 0.15) is 13.3 Å². The van der Waals surface area contributed by atoms with Crippen LogP contribution in [0.15, 0.2) is 0 Å². The third-order valence-electron chi connectivity index (χ3n) is 0.462. The van der Waals surface area contributed by atoms with E-state index >= 15 is 0 Å². The first-order valence-corrected chi connectivity index (χ1v) is 3.62. The molecular weight excluding hydrogens is 195 g/mol. The molecule has 0 heterocycles. The summed E-state index contributed by atoms with van der Waals surface area (Å²) in [5.74, 6) is -0.132. The molecule has 3 nitrogen and oxygen atoms in total. The van der Waals surface area contributed by atoms with E-state index in [0.717, 1.165) is 0 Å². The van der Waals surface area contributed by atoms with Crippen molar-refractivity contribution in [1.29, 1.82) is 0 Å². The Morgan fingerprint density at radius 2 is 1.88 bits per heavy atom. The fourth-order valence-electron chi connectivity index (χ4n) is 0.258. The van der Waals surface area contributed by atoms with E-state index in [2.05, 4.69) is 0 Å². The topological polar surface area (TPSA) is 54.4 Å². The Kier molecular flexibility index (Phi) is 6.08. The van der Waals surface area contributed by atoms with Crippen LogP contribution in [0, 0.1) is 0 Å². The van der Waals surface area contributed by atoms with E-state index < -0.39 is 10.1 Å². The molecule has 0 atom stereocenters. The van der Waals surface area contributed by atoms with Gasteiger partial charge in [-0.1, -0.05) is 6.92 Å². The van der Waals surface area contributed by atoms with Crippen LogP contribution in [0.2, 0.25) is 0 Å². The third kappa shape index (κ3) is 9.66. The first-order valence-electron chi connectivity index (χ1n) is 2.01. The van der Waals surface area contributed by atoms with Gasteiger partial charge >= 0.3 is 17.1 Å². The van der Waals surface area contributed by atoms with Crippen LogP contribution in [-0.2, 0) is 10.1 Å². The minimum absolute atomic E-state index is 0. The SMILES string of the molecule is CCCS(=O)(=O)O.[SeH2]. The Hall–Kier alpha value is 0.429. The summed E-state index contributed by atoms with van der Waals surface area (Å²) in [6.45, 7) is 1.69. The molecule has 5 heteroatoms. The summed E-state index contributed by atoms with van der Waals surface area (Å²) in [5.41, 5.74) is 0. The molecule has 0 rings (SSSR count). The van der Waals surface area contributed by atoms with Gasteiger partial charge in [-0.05, 0) is 6.42 Å². The molecule has 52 valence electrons. The molecule has 0 saturated carbocycles.